The van der Waals surface area contributed by atoms with Crippen LogP contribution in [0.4, 0.5) is 0 Å². The number of thiophene rings is 1. The number of amides is 1. The molecule has 1 aromatic rings. The number of likely N-dealkylation sites (tertiary alicyclic amines) is 1. The highest BCUT2D eigenvalue weighted by Gasteiger charge is 2.28. The van der Waals surface area contributed by atoms with Gasteiger partial charge in [0.05, 0.1) is 23.0 Å². The Balaban J connectivity index is 1.83. The average Bonchev–Trinajstić information content (AvgIpc) is 2.97. The zero-order valence-corrected chi connectivity index (χ0v) is 12.5. The molecular formula is C13H17NO3S2. The number of hydrogen-bond acceptors (Lipinski definition) is 5. The normalized spacial score (nSPS) is 19.2. The Labute approximate surface area is 121 Å². The summed E-state index contributed by atoms with van der Waals surface area (Å²) in [6, 6.07) is 3.99. The lowest BCUT2D eigenvalue weighted by Crippen LogP contribution is -2.43. The molecule has 0 radical (unpaired) electrons. The van der Waals surface area contributed by atoms with E-state index in [4.69, 9.17) is 4.74 Å². The van der Waals surface area contributed by atoms with E-state index in [1.54, 1.807) is 28.0 Å². The van der Waals surface area contributed by atoms with E-state index in [0.717, 1.165) is 23.6 Å². The summed E-state index contributed by atoms with van der Waals surface area (Å²) < 4.78 is 5.90. The second-order valence-electron chi connectivity index (χ2n) is 4.42. The lowest BCUT2D eigenvalue weighted by Gasteiger charge is -2.31. The number of ether oxygens (including phenoxy) is 1. The van der Waals surface area contributed by atoms with E-state index in [0.29, 0.717) is 12.3 Å². The summed E-state index contributed by atoms with van der Waals surface area (Å²) in [5.41, 5.74) is 0. The number of carbonyl (C=O) groups is 2. The molecule has 0 saturated carbocycles. The molecule has 1 aromatic heterocycles. The van der Waals surface area contributed by atoms with Gasteiger partial charge in [-0.05, 0) is 24.3 Å². The molecule has 0 unspecified atom stereocenters. The SMILES string of the molecule is COC(=O)[C@H]1CCCN(C(=O)CSc2cccs2)C1. The van der Waals surface area contributed by atoms with Crippen LogP contribution in [-0.4, -0.2) is 42.7 Å². The van der Waals surface area contributed by atoms with Crippen LogP contribution in [0.1, 0.15) is 12.8 Å². The van der Waals surface area contributed by atoms with Crippen molar-refractivity contribution in [2.75, 3.05) is 26.0 Å². The Bertz CT molecular complexity index is 433. The first kappa shape index (κ1) is 14.4. The second kappa shape index (κ2) is 6.96. The zero-order chi connectivity index (χ0) is 13.7. The number of rotatable bonds is 4. The highest BCUT2D eigenvalue weighted by atomic mass is 32.2. The Kier molecular flexibility index (Phi) is 5.27. The molecule has 1 aliphatic rings. The largest absolute Gasteiger partial charge is 0.469 e. The van der Waals surface area contributed by atoms with Crippen LogP contribution in [0.2, 0.25) is 0 Å². The van der Waals surface area contributed by atoms with Crippen molar-refractivity contribution in [3.8, 4) is 0 Å². The first-order valence-corrected chi connectivity index (χ1v) is 8.09. The number of carbonyl (C=O) groups excluding carboxylic acids is 2. The number of esters is 1. The predicted octanol–water partition coefficient (Wildman–Crippen LogP) is 2.25. The smallest absolute Gasteiger partial charge is 0.310 e. The predicted molar refractivity (Wildman–Crippen MR) is 76.4 cm³/mol. The molecule has 2 rings (SSSR count). The fourth-order valence-electron chi connectivity index (χ4n) is 2.13. The van der Waals surface area contributed by atoms with Crippen molar-refractivity contribution in [3.63, 3.8) is 0 Å². The first-order valence-electron chi connectivity index (χ1n) is 6.22. The lowest BCUT2D eigenvalue weighted by atomic mass is 9.98. The van der Waals surface area contributed by atoms with Crippen molar-refractivity contribution in [1.29, 1.82) is 0 Å². The van der Waals surface area contributed by atoms with Crippen molar-refractivity contribution >= 4 is 35.0 Å². The third-order valence-corrected chi connectivity index (χ3v) is 5.26. The van der Waals surface area contributed by atoms with E-state index < -0.39 is 0 Å². The summed E-state index contributed by atoms with van der Waals surface area (Å²) in [5, 5.41) is 2.00. The van der Waals surface area contributed by atoms with Crippen LogP contribution in [0.15, 0.2) is 21.7 Å². The molecule has 1 amide bonds. The molecule has 0 aliphatic carbocycles. The molecule has 2 heterocycles. The van der Waals surface area contributed by atoms with Gasteiger partial charge in [0.15, 0.2) is 0 Å². The highest BCUT2D eigenvalue weighted by Crippen LogP contribution is 2.25. The number of nitrogens with zero attached hydrogens (tertiary/aromatic N) is 1. The zero-order valence-electron chi connectivity index (χ0n) is 10.8. The van der Waals surface area contributed by atoms with Crippen LogP contribution in [-0.2, 0) is 14.3 Å². The lowest BCUT2D eigenvalue weighted by molar-refractivity contribution is -0.148. The van der Waals surface area contributed by atoms with Gasteiger partial charge in [0.25, 0.3) is 0 Å². The highest BCUT2D eigenvalue weighted by molar-refractivity contribution is 8.01. The standard InChI is InChI=1S/C13H17NO3S2/c1-17-13(16)10-4-2-6-14(8-10)11(15)9-19-12-5-3-7-18-12/h3,5,7,10H,2,4,6,8-9H2,1H3/t10-/m0/s1. The quantitative estimate of drug-likeness (QED) is 0.632. The van der Waals surface area contributed by atoms with Gasteiger partial charge >= 0.3 is 5.97 Å². The summed E-state index contributed by atoms with van der Waals surface area (Å²) in [5.74, 6) is 0.179. The van der Waals surface area contributed by atoms with E-state index in [-0.39, 0.29) is 17.8 Å². The molecule has 1 saturated heterocycles. The van der Waals surface area contributed by atoms with Crippen molar-refractivity contribution in [2.45, 2.75) is 17.1 Å². The Morgan fingerprint density at radius 1 is 1.58 bits per heavy atom. The Morgan fingerprint density at radius 3 is 3.11 bits per heavy atom. The summed E-state index contributed by atoms with van der Waals surface area (Å²) in [7, 11) is 1.40. The Morgan fingerprint density at radius 2 is 2.42 bits per heavy atom. The Hall–Kier alpha value is -1.01. The molecule has 6 heteroatoms. The maximum absolute atomic E-state index is 12.1. The van der Waals surface area contributed by atoms with E-state index in [1.165, 1.54) is 7.11 Å². The van der Waals surface area contributed by atoms with Gasteiger partial charge < -0.3 is 9.64 Å². The summed E-state index contributed by atoms with van der Waals surface area (Å²) >= 11 is 3.19. The van der Waals surface area contributed by atoms with E-state index in [9.17, 15) is 9.59 Å². The molecule has 1 fully saturated rings. The fraction of sp³-hybridized carbons (Fsp3) is 0.538. The minimum atomic E-state index is -0.205. The molecule has 0 aromatic carbocycles. The minimum absolute atomic E-state index is 0.104. The molecular weight excluding hydrogens is 282 g/mol. The summed E-state index contributed by atoms with van der Waals surface area (Å²) in [4.78, 5) is 25.4. The van der Waals surface area contributed by atoms with Gasteiger partial charge in [0.2, 0.25) is 5.91 Å². The van der Waals surface area contributed by atoms with E-state index in [1.807, 2.05) is 17.5 Å². The van der Waals surface area contributed by atoms with Crippen LogP contribution in [0.3, 0.4) is 0 Å². The molecule has 0 spiro atoms. The van der Waals surface area contributed by atoms with E-state index in [2.05, 4.69) is 0 Å². The number of piperidine rings is 1. The van der Waals surface area contributed by atoms with Crippen LogP contribution in [0.5, 0.6) is 0 Å². The van der Waals surface area contributed by atoms with Gasteiger partial charge in [-0.2, -0.15) is 0 Å². The maximum Gasteiger partial charge on any atom is 0.310 e. The second-order valence-corrected chi connectivity index (χ2v) is 6.65. The summed E-state index contributed by atoms with van der Waals surface area (Å²) in [6.07, 6.45) is 1.68. The van der Waals surface area contributed by atoms with Crippen LogP contribution in [0.25, 0.3) is 0 Å². The number of methoxy groups -OCH3 is 1. The average molecular weight is 299 g/mol. The topological polar surface area (TPSA) is 46.6 Å². The van der Waals surface area contributed by atoms with Gasteiger partial charge in [-0.25, -0.2) is 0 Å². The molecule has 19 heavy (non-hydrogen) atoms. The molecule has 0 bridgehead atoms. The third kappa shape index (κ3) is 3.98. The molecule has 104 valence electrons. The summed E-state index contributed by atoms with van der Waals surface area (Å²) in [6.45, 7) is 1.24. The number of hydrogen-bond donors (Lipinski definition) is 0. The van der Waals surface area contributed by atoms with Gasteiger partial charge in [0, 0.05) is 13.1 Å². The van der Waals surface area contributed by atoms with Crippen molar-refractivity contribution in [3.05, 3.63) is 17.5 Å². The van der Waals surface area contributed by atoms with E-state index >= 15 is 0 Å². The van der Waals surface area contributed by atoms with Gasteiger partial charge in [0.1, 0.15) is 0 Å². The van der Waals surface area contributed by atoms with Crippen molar-refractivity contribution in [1.82, 2.24) is 4.90 Å². The molecule has 1 atom stereocenters. The third-order valence-electron chi connectivity index (χ3n) is 3.14. The maximum atomic E-state index is 12.1. The monoisotopic (exact) mass is 299 g/mol. The van der Waals surface area contributed by atoms with Gasteiger partial charge in [-0.1, -0.05) is 6.07 Å². The van der Waals surface area contributed by atoms with Crippen LogP contribution < -0.4 is 0 Å². The molecule has 1 aliphatic heterocycles. The van der Waals surface area contributed by atoms with Crippen LogP contribution in [0, 0.1) is 5.92 Å². The minimum Gasteiger partial charge on any atom is -0.469 e. The first-order chi connectivity index (χ1) is 9.20. The molecule has 0 N–H and O–H groups in total. The van der Waals surface area contributed by atoms with Crippen molar-refractivity contribution < 1.29 is 14.3 Å². The fourth-order valence-corrected chi connectivity index (χ4v) is 3.82. The molecule has 4 nitrogen and oxygen atoms in total. The van der Waals surface area contributed by atoms with Gasteiger partial charge in [-0.15, -0.1) is 23.1 Å². The van der Waals surface area contributed by atoms with Crippen molar-refractivity contribution in [2.24, 2.45) is 5.92 Å². The van der Waals surface area contributed by atoms with Gasteiger partial charge in [-0.3, -0.25) is 9.59 Å². The number of thioether (sulfide) groups is 1. The van der Waals surface area contributed by atoms with Crippen LogP contribution >= 0.6 is 23.1 Å².